The molecule has 0 aromatic carbocycles. The van der Waals surface area contributed by atoms with E-state index >= 15 is 0 Å². The summed E-state index contributed by atoms with van der Waals surface area (Å²) in [7, 11) is 0. The van der Waals surface area contributed by atoms with Crippen LogP contribution < -0.4 is 0 Å². The molecule has 0 spiro atoms. The molecule has 0 radical (unpaired) electrons. The van der Waals surface area contributed by atoms with Gasteiger partial charge in [-0.1, -0.05) is 43.4 Å². The molecule has 0 aromatic heterocycles. The van der Waals surface area contributed by atoms with E-state index in [2.05, 4.69) is 0 Å². The highest BCUT2D eigenvalue weighted by Crippen LogP contribution is 2.33. The van der Waals surface area contributed by atoms with Gasteiger partial charge < -0.3 is 15.3 Å². The number of allylic oxidation sites excluding steroid dienone is 4. The highest BCUT2D eigenvalue weighted by atomic mass is 16.4. The quantitative estimate of drug-likeness (QED) is 0.393. The van der Waals surface area contributed by atoms with Crippen molar-refractivity contribution in [1.82, 2.24) is 0 Å². The second kappa shape index (κ2) is 11.8. The first kappa shape index (κ1) is 21.3. The highest BCUT2D eigenvalue weighted by molar-refractivity contribution is 5.86. The Morgan fingerprint density at radius 3 is 2.72 bits per heavy atom. The van der Waals surface area contributed by atoms with E-state index in [-0.39, 0.29) is 30.5 Å². The molecule has 0 aliphatic heterocycles. The predicted molar refractivity (Wildman–Crippen MR) is 97.0 cm³/mol. The van der Waals surface area contributed by atoms with Crippen LogP contribution in [-0.2, 0) is 9.59 Å². The highest BCUT2D eigenvalue weighted by Gasteiger charge is 2.39. The van der Waals surface area contributed by atoms with E-state index in [4.69, 9.17) is 5.11 Å². The molecule has 5 heteroatoms. The SMILES string of the molecule is CCC=CCC(O)/C=C/C1C(=O)C[C@H](O)C1CC=CCCCC(=O)O. The number of carboxylic acid groups (broad SMARTS) is 1. The second-order valence-electron chi connectivity index (χ2n) is 6.49. The molecule has 0 amide bonds. The van der Waals surface area contributed by atoms with Crippen molar-refractivity contribution in [3.8, 4) is 0 Å². The third-order valence-electron chi connectivity index (χ3n) is 4.39. The topological polar surface area (TPSA) is 94.8 Å². The Hall–Kier alpha value is -1.72. The lowest BCUT2D eigenvalue weighted by Crippen LogP contribution is -2.19. The first-order valence-electron chi connectivity index (χ1n) is 9.04. The van der Waals surface area contributed by atoms with Crippen LogP contribution in [0.5, 0.6) is 0 Å². The van der Waals surface area contributed by atoms with Gasteiger partial charge >= 0.3 is 5.97 Å². The average molecular weight is 350 g/mol. The Balaban J connectivity index is 2.52. The van der Waals surface area contributed by atoms with Crippen LogP contribution in [0.25, 0.3) is 0 Å². The molecule has 1 rings (SSSR count). The van der Waals surface area contributed by atoms with Gasteiger partial charge in [0, 0.05) is 24.7 Å². The summed E-state index contributed by atoms with van der Waals surface area (Å²) >= 11 is 0. The predicted octanol–water partition coefficient (Wildman–Crippen LogP) is 3.03. The average Bonchev–Trinajstić information content (AvgIpc) is 2.82. The summed E-state index contributed by atoms with van der Waals surface area (Å²) in [5.41, 5.74) is 0. The van der Waals surface area contributed by atoms with Gasteiger partial charge in [-0.25, -0.2) is 0 Å². The van der Waals surface area contributed by atoms with Crippen LogP contribution in [-0.4, -0.2) is 39.3 Å². The zero-order valence-electron chi connectivity index (χ0n) is 14.9. The number of aliphatic carboxylic acids is 1. The lowest BCUT2D eigenvalue weighted by molar-refractivity contribution is -0.137. The number of hydrogen-bond acceptors (Lipinski definition) is 4. The Bertz CT molecular complexity index is 506. The van der Waals surface area contributed by atoms with Crippen LogP contribution in [0.4, 0.5) is 0 Å². The summed E-state index contributed by atoms with van der Waals surface area (Å²) in [6.07, 6.45) is 13.4. The Labute approximate surface area is 149 Å². The molecule has 3 unspecified atom stereocenters. The third kappa shape index (κ3) is 8.27. The van der Waals surface area contributed by atoms with Gasteiger partial charge in [-0.2, -0.15) is 0 Å². The summed E-state index contributed by atoms with van der Waals surface area (Å²) in [6, 6.07) is 0. The zero-order valence-corrected chi connectivity index (χ0v) is 14.9. The van der Waals surface area contributed by atoms with Crippen molar-refractivity contribution in [2.24, 2.45) is 11.8 Å². The fraction of sp³-hybridized carbons (Fsp3) is 0.600. The van der Waals surface area contributed by atoms with Gasteiger partial charge in [0.25, 0.3) is 0 Å². The normalized spacial score (nSPS) is 25.6. The maximum atomic E-state index is 12.1. The van der Waals surface area contributed by atoms with Gasteiger partial charge in [0.05, 0.1) is 12.2 Å². The first-order chi connectivity index (χ1) is 12.0. The minimum atomic E-state index is -0.803. The van der Waals surface area contributed by atoms with E-state index in [1.807, 2.05) is 31.2 Å². The minimum Gasteiger partial charge on any atom is -0.481 e. The second-order valence-corrected chi connectivity index (χ2v) is 6.49. The minimum absolute atomic E-state index is 0.00401. The van der Waals surface area contributed by atoms with Crippen LogP contribution in [0.15, 0.2) is 36.5 Å². The molecule has 1 saturated carbocycles. The van der Waals surface area contributed by atoms with E-state index in [0.717, 1.165) is 6.42 Å². The summed E-state index contributed by atoms with van der Waals surface area (Å²) in [4.78, 5) is 22.5. The van der Waals surface area contributed by atoms with Crippen molar-refractivity contribution in [2.45, 2.75) is 64.1 Å². The van der Waals surface area contributed by atoms with E-state index < -0.39 is 18.2 Å². The molecular weight excluding hydrogens is 320 g/mol. The van der Waals surface area contributed by atoms with Crippen LogP contribution in [0, 0.1) is 11.8 Å². The summed E-state index contributed by atoms with van der Waals surface area (Å²) in [5, 5.41) is 28.6. The van der Waals surface area contributed by atoms with Crippen LogP contribution >= 0.6 is 0 Å². The molecule has 0 heterocycles. The number of aliphatic hydroxyl groups is 2. The van der Waals surface area contributed by atoms with Gasteiger partial charge in [0.2, 0.25) is 0 Å². The Morgan fingerprint density at radius 2 is 2.04 bits per heavy atom. The van der Waals surface area contributed by atoms with Gasteiger partial charge in [-0.05, 0) is 32.1 Å². The van der Waals surface area contributed by atoms with Crippen LogP contribution in [0.2, 0.25) is 0 Å². The number of ketones is 1. The van der Waals surface area contributed by atoms with Crippen molar-refractivity contribution in [3.05, 3.63) is 36.5 Å². The molecule has 1 aliphatic carbocycles. The van der Waals surface area contributed by atoms with E-state index in [9.17, 15) is 19.8 Å². The number of unbranched alkanes of at least 4 members (excludes halogenated alkanes) is 1. The largest absolute Gasteiger partial charge is 0.481 e. The summed E-state index contributed by atoms with van der Waals surface area (Å²) in [5.74, 6) is -1.35. The van der Waals surface area contributed by atoms with Crippen LogP contribution in [0.1, 0.15) is 51.9 Å². The van der Waals surface area contributed by atoms with Crippen molar-refractivity contribution in [2.75, 3.05) is 0 Å². The number of Topliss-reactive ketones (excluding diaryl/α,β-unsaturated/α-hetero) is 1. The van der Waals surface area contributed by atoms with Crippen LogP contribution in [0.3, 0.4) is 0 Å². The van der Waals surface area contributed by atoms with Gasteiger partial charge in [-0.15, -0.1) is 0 Å². The fourth-order valence-corrected chi connectivity index (χ4v) is 3.00. The lowest BCUT2D eigenvalue weighted by Gasteiger charge is -2.17. The number of carbonyl (C=O) groups is 2. The molecule has 1 fully saturated rings. The number of aliphatic hydroxyl groups excluding tert-OH is 2. The van der Waals surface area contributed by atoms with Crippen molar-refractivity contribution < 1.29 is 24.9 Å². The molecule has 0 aromatic rings. The van der Waals surface area contributed by atoms with E-state index in [1.54, 1.807) is 12.2 Å². The molecule has 0 bridgehead atoms. The molecule has 140 valence electrons. The van der Waals surface area contributed by atoms with E-state index in [0.29, 0.717) is 25.7 Å². The number of carbonyl (C=O) groups excluding carboxylic acids is 1. The molecule has 5 nitrogen and oxygen atoms in total. The zero-order chi connectivity index (χ0) is 18.7. The Kier molecular flexibility index (Phi) is 10.0. The molecule has 4 atom stereocenters. The monoisotopic (exact) mass is 350 g/mol. The smallest absolute Gasteiger partial charge is 0.303 e. The van der Waals surface area contributed by atoms with E-state index in [1.165, 1.54) is 0 Å². The van der Waals surface area contributed by atoms with Crippen molar-refractivity contribution >= 4 is 11.8 Å². The maximum absolute atomic E-state index is 12.1. The molecule has 1 aliphatic rings. The fourth-order valence-electron chi connectivity index (χ4n) is 3.00. The molecule has 25 heavy (non-hydrogen) atoms. The summed E-state index contributed by atoms with van der Waals surface area (Å²) < 4.78 is 0. The molecular formula is C20H30O5. The summed E-state index contributed by atoms with van der Waals surface area (Å²) in [6.45, 7) is 2.02. The lowest BCUT2D eigenvalue weighted by atomic mass is 9.90. The number of rotatable bonds is 11. The molecule has 3 N–H and O–H groups in total. The van der Waals surface area contributed by atoms with Gasteiger partial charge in [-0.3, -0.25) is 9.59 Å². The number of carboxylic acids is 1. The first-order valence-corrected chi connectivity index (χ1v) is 9.04. The third-order valence-corrected chi connectivity index (χ3v) is 4.39. The van der Waals surface area contributed by atoms with Crippen molar-refractivity contribution in [3.63, 3.8) is 0 Å². The maximum Gasteiger partial charge on any atom is 0.303 e. The van der Waals surface area contributed by atoms with Gasteiger partial charge in [0.1, 0.15) is 5.78 Å². The van der Waals surface area contributed by atoms with Gasteiger partial charge in [0.15, 0.2) is 0 Å². The molecule has 0 saturated heterocycles. The number of hydrogen-bond donors (Lipinski definition) is 3. The Morgan fingerprint density at radius 1 is 1.28 bits per heavy atom. The standard InChI is InChI=1S/C20H30O5/c1-2-3-6-9-15(21)12-13-17-16(18(22)14-19(17)23)10-7-4-5-8-11-20(24)25/h3-4,6-7,12-13,15-18,21-22H,2,5,8-11,14H2,1H3,(H,24,25)/b6-3?,7-4?,13-12+/t15?,16?,17?,18-/m0/s1. The van der Waals surface area contributed by atoms with Crippen molar-refractivity contribution in [1.29, 1.82) is 0 Å².